The van der Waals surface area contributed by atoms with Crippen molar-refractivity contribution >= 4 is 13.3 Å². The van der Waals surface area contributed by atoms with Crippen LogP contribution in [0.15, 0.2) is 18.2 Å². The molecule has 2 radical (unpaired) electrons. The Morgan fingerprint density at radius 1 is 1.55 bits per heavy atom. The molecule has 0 heterocycles. The molecular formula is C8H6BNO. The summed E-state index contributed by atoms with van der Waals surface area (Å²) < 4.78 is 4.91. The molecule has 2 nitrogen and oxygen atoms in total. The molecule has 0 saturated heterocycles. The first kappa shape index (κ1) is 7.68. The molecule has 3 heteroatoms. The molecule has 0 spiro atoms. The van der Waals surface area contributed by atoms with Crippen LogP contribution in [0.5, 0.6) is 5.75 Å². The average molecular weight is 143 g/mol. The van der Waals surface area contributed by atoms with Crippen LogP contribution in [0.25, 0.3) is 0 Å². The van der Waals surface area contributed by atoms with Gasteiger partial charge in [-0.1, -0.05) is 11.5 Å². The zero-order valence-electron chi connectivity index (χ0n) is 6.16. The Morgan fingerprint density at radius 2 is 2.27 bits per heavy atom. The zero-order chi connectivity index (χ0) is 8.27. The van der Waals surface area contributed by atoms with Crippen LogP contribution in [0.1, 0.15) is 5.56 Å². The Hall–Kier alpha value is -1.43. The van der Waals surface area contributed by atoms with Crippen LogP contribution in [0.2, 0.25) is 0 Å². The van der Waals surface area contributed by atoms with Crippen LogP contribution >= 0.6 is 0 Å². The lowest BCUT2D eigenvalue weighted by atomic mass is 9.95. The number of hydrogen-bond donors (Lipinski definition) is 0. The van der Waals surface area contributed by atoms with Crippen molar-refractivity contribution < 1.29 is 4.74 Å². The monoisotopic (exact) mass is 143 g/mol. The Balaban J connectivity index is 3.19. The van der Waals surface area contributed by atoms with Crippen molar-refractivity contribution in [2.75, 3.05) is 7.11 Å². The zero-order valence-corrected chi connectivity index (χ0v) is 6.16. The maximum atomic E-state index is 8.57. The van der Waals surface area contributed by atoms with Gasteiger partial charge in [-0.2, -0.15) is 5.26 Å². The average Bonchev–Trinajstić information content (AvgIpc) is 2.04. The molecule has 0 atom stereocenters. The lowest BCUT2D eigenvalue weighted by molar-refractivity contribution is 0.414. The highest BCUT2D eigenvalue weighted by molar-refractivity contribution is 6.32. The topological polar surface area (TPSA) is 33.0 Å². The Morgan fingerprint density at radius 3 is 2.82 bits per heavy atom. The van der Waals surface area contributed by atoms with Crippen LogP contribution < -0.4 is 10.2 Å². The van der Waals surface area contributed by atoms with E-state index in [-0.39, 0.29) is 0 Å². The van der Waals surface area contributed by atoms with E-state index in [0.717, 1.165) is 0 Å². The number of nitriles is 1. The van der Waals surface area contributed by atoms with Crippen molar-refractivity contribution in [3.63, 3.8) is 0 Å². The van der Waals surface area contributed by atoms with E-state index in [2.05, 4.69) is 0 Å². The first-order valence-electron chi connectivity index (χ1n) is 3.11. The third kappa shape index (κ3) is 1.53. The Bertz CT molecular complexity index is 303. The minimum absolute atomic E-state index is 0.502. The van der Waals surface area contributed by atoms with Gasteiger partial charge in [-0.15, -0.1) is 0 Å². The predicted octanol–water partition coefficient (Wildman–Crippen LogP) is 0.361. The van der Waals surface area contributed by atoms with E-state index < -0.39 is 0 Å². The van der Waals surface area contributed by atoms with Crippen molar-refractivity contribution in [1.82, 2.24) is 0 Å². The number of ether oxygens (including phenoxy) is 1. The highest BCUT2D eigenvalue weighted by Gasteiger charge is 1.99. The van der Waals surface area contributed by atoms with E-state index in [1.807, 2.05) is 6.07 Å². The van der Waals surface area contributed by atoms with E-state index in [4.69, 9.17) is 17.8 Å². The van der Waals surface area contributed by atoms with Gasteiger partial charge in [-0.3, -0.25) is 0 Å². The molecule has 11 heavy (non-hydrogen) atoms. The highest BCUT2D eigenvalue weighted by atomic mass is 16.5. The fourth-order valence-corrected chi connectivity index (χ4v) is 0.800. The fourth-order valence-electron chi connectivity index (χ4n) is 0.800. The predicted molar refractivity (Wildman–Crippen MR) is 43.1 cm³/mol. The smallest absolute Gasteiger partial charge is 0.136 e. The summed E-state index contributed by atoms with van der Waals surface area (Å²) >= 11 is 0. The lowest BCUT2D eigenvalue weighted by Crippen LogP contribution is -2.02. The van der Waals surface area contributed by atoms with Crippen LogP contribution in [-0.4, -0.2) is 15.0 Å². The van der Waals surface area contributed by atoms with Gasteiger partial charge in [0.25, 0.3) is 0 Å². The number of benzene rings is 1. The molecule has 0 amide bonds. The molecule has 1 rings (SSSR count). The molecule has 0 aliphatic heterocycles. The molecule has 0 aromatic heterocycles. The van der Waals surface area contributed by atoms with Gasteiger partial charge in [0.15, 0.2) is 0 Å². The number of nitrogens with zero attached hydrogens (tertiary/aromatic N) is 1. The summed E-state index contributed by atoms with van der Waals surface area (Å²) in [6.07, 6.45) is 0. The number of methoxy groups -OCH3 is 1. The van der Waals surface area contributed by atoms with E-state index in [1.165, 1.54) is 7.11 Å². The molecule has 0 N–H and O–H groups in total. The van der Waals surface area contributed by atoms with Gasteiger partial charge in [-0.25, -0.2) is 0 Å². The summed E-state index contributed by atoms with van der Waals surface area (Å²) in [6, 6.07) is 6.92. The van der Waals surface area contributed by atoms with E-state index >= 15 is 0 Å². The highest BCUT2D eigenvalue weighted by Crippen LogP contribution is 2.13. The Labute approximate surface area is 66.8 Å². The molecule has 0 aliphatic carbocycles. The van der Waals surface area contributed by atoms with Crippen molar-refractivity contribution in [1.29, 1.82) is 5.26 Å². The van der Waals surface area contributed by atoms with E-state index in [9.17, 15) is 0 Å². The lowest BCUT2D eigenvalue weighted by Gasteiger charge is -2.02. The van der Waals surface area contributed by atoms with Crippen molar-refractivity contribution in [2.45, 2.75) is 0 Å². The minimum atomic E-state index is 0.502. The number of hydrogen-bond acceptors (Lipinski definition) is 2. The van der Waals surface area contributed by atoms with Crippen molar-refractivity contribution in [3.8, 4) is 11.8 Å². The van der Waals surface area contributed by atoms with Crippen LogP contribution in [0.3, 0.4) is 0 Å². The third-order valence-electron chi connectivity index (χ3n) is 1.35. The Kier molecular flexibility index (Phi) is 2.17. The second-order valence-electron chi connectivity index (χ2n) is 2.07. The molecule has 0 saturated carbocycles. The number of rotatable bonds is 1. The largest absolute Gasteiger partial charge is 0.495 e. The molecule has 1 aromatic rings. The minimum Gasteiger partial charge on any atom is -0.495 e. The third-order valence-corrected chi connectivity index (χ3v) is 1.35. The summed E-state index contributed by atoms with van der Waals surface area (Å²) in [6.45, 7) is 0. The summed E-state index contributed by atoms with van der Waals surface area (Å²) in [4.78, 5) is 0. The van der Waals surface area contributed by atoms with E-state index in [1.54, 1.807) is 18.2 Å². The first-order valence-corrected chi connectivity index (χ1v) is 3.11. The van der Waals surface area contributed by atoms with Gasteiger partial charge in [-0.05, 0) is 12.1 Å². The molecule has 1 aromatic carbocycles. The summed E-state index contributed by atoms with van der Waals surface area (Å²) in [5, 5.41) is 8.57. The molecular weight excluding hydrogens is 137 g/mol. The quantitative estimate of drug-likeness (QED) is 0.531. The first-order chi connectivity index (χ1) is 5.27. The molecule has 0 bridgehead atoms. The summed E-state index contributed by atoms with van der Waals surface area (Å²) in [5.74, 6) is 0.521. The van der Waals surface area contributed by atoms with Gasteiger partial charge in [0.05, 0.1) is 12.7 Å². The van der Waals surface area contributed by atoms with E-state index in [0.29, 0.717) is 16.8 Å². The fraction of sp³-hybridized carbons (Fsp3) is 0.125. The van der Waals surface area contributed by atoms with Gasteiger partial charge in [0.2, 0.25) is 0 Å². The molecule has 0 unspecified atom stereocenters. The second kappa shape index (κ2) is 3.11. The molecule has 52 valence electrons. The van der Waals surface area contributed by atoms with Gasteiger partial charge < -0.3 is 4.74 Å². The SMILES string of the molecule is [B]c1ccc(C#N)c(OC)c1. The maximum absolute atomic E-state index is 8.57. The van der Waals surface area contributed by atoms with Gasteiger partial charge in [0, 0.05) is 0 Å². The van der Waals surface area contributed by atoms with Crippen LogP contribution in [0, 0.1) is 11.3 Å². The summed E-state index contributed by atoms with van der Waals surface area (Å²) in [5.41, 5.74) is 1.10. The molecule has 0 aliphatic rings. The van der Waals surface area contributed by atoms with Gasteiger partial charge >= 0.3 is 0 Å². The van der Waals surface area contributed by atoms with Crippen LogP contribution in [0.4, 0.5) is 0 Å². The summed E-state index contributed by atoms with van der Waals surface area (Å²) in [7, 11) is 6.98. The molecule has 0 fully saturated rings. The second-order valence-corrected chi connectivity index (χ2v) is 2.07. The normalized spacial score (nSPS) is 8.73. The van der Waals surface area contributed by atoms with Crippen LogP contribution in [-0.2, 0) is 0 Å². The van der Waals surface area contributed by atoms with Crippen molar-refractivity contribution in [2.24, 2.45) is 0 Å². The maximum Gasteiger partial charge on any atom is 0.136 e. The standard InChI is InChI=1S/C8H6BNO/c1-11-8-4-7(9)3-2-6(8)5-10/h2-4H,1H3. The van der Waals surface area contributed by atoms with Gasteiger partial charge in [0.1, 0.15) is 19.7 Å². The van der Waals surface area contributed by atoms with Crippen molar-refractivity contribution in [3.05, 3.63) is 23.8 Å².